The molecule has 5 rings (SSSR count). The quantitative estimate of drug-likeness (QED) is 0.106. The number of hydrogen-bond donors (Lipinski definition) is 2. The van der Waals surface area contributed by atoms with Crippen molar-refractivity contribution in [2.24, 2.45) is 0 Å². The molecular weight excluding hydrogens is 672 g/mol. The molecule has 0 aliphatic heterocycles. The van der Waals surface area contributed by atoms with E-state index >= 15 is 0 Å². The fourth-order valence-electron chi connectivity index (χ4n) is 4.60. The van der Waals surface area contributed by atoms with E-state index in [0.717, 1.165) is 59.2 Å². The summed E-state index contributed by atoms with van der Waals surface area (Å²) < 4.78 is 95.3. The minimum atomic E-state index is -4.89. The standard InChI is InChI=1S/C33H25F6N7O4/c1-49-22-12-10-20(11-13-22)17-50-18-28(47)43-44-31(48)25(21-14-40-19-41-15-21)16-46-30(24-7-3-5-9-27(24)33(37,38)39)42-29(45-46)23-6-2-4-8-26(23)32(34,35)36/h2-16,19H,17-18H2,1H3,(H,43,47)(H,44,48)/b25-16+. The summed E-state index contributed by atoms with van der Waals surface area (Å²) in [5.74, 6) is -2.25. The molecule has 0 saturated carbocycles. The molecule has 2 heterocycles. The Morgan fingerprint density at radius 2 is 1.42 bits per heavy atom. The molecule has 5 aromatic rings. The van der Waals surface area contributed by atoms with Gasteiger partial charge in [0.2, 0.25) is 0 Å². The highest BCUT2D eigenvalue weighted by atomic mass is 19.4. The van der Waals surface area contributed by atoms with Crippen molar-refractivity contribution in [1.82, 2.24) is 35.6 Å². The summed E-state index contributed by atoms with van der Waals surface area (Å²) >= 11 is 0. The number of nitrogens with one attached hydrogen (secondary N) is 2. The van der Waals surface area contributed by atoms with Crippen molar-refractivity contribution in [2.45, 2.75) is 19.0 Å². The van der Waals surface area contributed by atoms with E-state index in [1.165, 1.54) is 31.6 Å². The van der Waals surface area contributed by atoms with E-state index < -0.39 is 64.7 Å². The molecule has 3 aromatic carbocycles. The zero-order chi connectivity index (χ0) is 35.9. The van der Waals surface area contributed by atoms with Gasteiger partial charge < -0.3 is 9.47 Å². The molecule has 0 fully saturated rings. The summed E-state index contributed by atoms with van der Waals surface area (Å²) in [6.45, 7) is -0.407. The molecule has 0 unspecified atom stereocenters. The lowest BCUT2D eigenvalue weighted by Gasteiger charge is -2.13. The number of methoxy groups -OCH3 is 1. The van der Waals surface area contributed by atoms with Crippen LogP contribution in [0.1, 0.15) is 22.3 Å². The van der Waals surface area contributed by atoms with E-state index in [-0.39, 0.29) is 17.7 Å². The smallest absolute Gasteiger partial charge is 0.417 e. The molecule has 2 N–H and O–H groups in total. The summed E-state index contributed by atoms with van der Waals surface area (Å²) in [6, 6.07) is 15.4. The molecule has 50 heavy (non-hydrogen) atoms. The first-order valence-electron chi connectivity index (χ1n) is 14.4. The highest BCUT2D eigenvalue weighted by molar-refractivity contribution is 6.23. The van der Waals surface area contributed by atoms with Crippen LogP contribution in [0.5, 0.6) is 5.75 Å². The number of carbonyl (C=O) groups excluding carboxylic acids is 2. The van der Waals surface area contributed by atoms with E-state index in [4.69, 9.17) is 9.47 Å². The number of hydrogen-bond acceptors (Lipinski definition) is 8. The SMILES string of the molecule is COc1ccc(COCC(=O)NNC(=O)/C(=C/n2nc(-c3ccccc3C(F)(F)F)nc2-c2ccccc2C(F)(F)F)c2cncnc2)cc1. The fourth-order valence-corrected chi connectivity index (χ4v) is 4.60. The lowest BCUT2D eigenvalue weighted by Crippen LogP contribution is -2.43. The first-order valence-corrected chi connectivity index (χ1v) is 14.4. The Labute approximate surface area is 279 Å². The Hall–Kier alpha value is -6.10. The number of rotatable bonds is 10. The molecule has 0 saturated heterocycles. The molecule has 258 valence electrons. The maximum absolute atomic E-state index is 14.1. The fraction of sp³-hybridized carbons (Fsp3) is 0.152. The molecule has 17 heteroatoms. The number of halogens is 6. The molecular formula is C33H25F6N7O4. The minimum absolute atomic E-state index is 0.0119. The number of benzene rings is 3. The Kier molecular flexibility index (Phi) is 10.6. The third-order valence-corrected chi connectivity index (χ3v) is 6.92. The van der Waals surface area contributed by atoms with Gasteiger partial charge in [0.25, 0.3) is 11.8 Å². The van der Waals surface area contributed by atoms with Crippen molar-refractivity contribution in [2.75, 3.05) is 13.7 Å². The summed E-state index contributed by atoms with van der Waals surface area (Å²) in [4.78, 5) is 37.7. The van der Waals surface area contributed by atoms with Gasteiger partial charge in [0, 0.05) is 35.3 Å². The number of amides is 2. The van der Waals surface area contributed by atoms with Gasteiger partial charge >= 0.3 is 12.4 Å². The molecule has 11 nitrogen and oxygen atoms in total. The number of aromatic nitrogens is 5. The summed E-state index contributed by atoms with van der Waals surface area (Å²) in [6.07, 6.45) is -5.28. The van der Waals surface area contributed by atoms with E-state index in [9.17, 15) is 35.9 Å². The topological polar surface area (TPSA) is 133 Å². The first kappa shape index (κ1) is 35.2. The summed E-state index contributed by atoms with van der Waals surface area (Å²) in [5.41, 5.74) is 1.40. The van der Waals surface area contributed by atoms with Gasteiger partial charge in [-0.25, -0.2) is 19.6 Å². The van der Waals surface area contributed by atoms with Crippen LogP contribution in [0.4, 0.5) is 26.3 Å². The number of nitrogens with zero attached hydrogens (tertiary/aromatic N) is 5. The maximum Gasteiger partial charge on any atom is 0.417 e. The molecule has 2 amide bonds. The predicted octanol–water partition coefficient (Wildman–Crippen LogP) is 5.81. The lowest BCUT2D eigenvalue weighted by atomic mass is 10.1. The van der Waals surface area contributed by atoms with Crippen LogP contribution in [0.25, 0.3) is 34.5 Å². The van der Waals surface area contributed by atoms with E-state index in [2.05, 4.69) is 30.9 Å². The van der Waals surface area contributed by atoms with Crippen LogP contribution in [-0.4, -0.2) is 50.3 Å². The Bertz CT molecular complexity index is 2000. The molecule has 0 spiro atoms. The van der Waals surface area contributed by atoms with Crippen LogP contribution in [0.3, 0.4) is 0 Å². The maximum atomic E-state index is 14.1. The predicted molar refractivity (Wildman–Crippen MR) is 166 cm³/mol. The van der Waals surface area contributed by atoms with Crippen LogP contribution in [0, 0.1) is 0 Å². The van der Waals surface area contributed by atoms with Gasteiger partial charge in [-0.1, -0.05) is 48.5 Å². The van der Waals surface area contributed by atoms with Crippen molar-refractivity contribution in [1.29, 1.82) is 0 Å². The van der Waals surface area contributed by atoms with Crippen LogP contribution < -0.4 is 15.6 Å². The van der Waals surface area contributed by atoms with Crippen molar-refractivity contribution in [3.8, 4) is 28.5 Å². The van der Waals surface area contributed by atoms with E-state index in [0.29, 0.717) is 5.75 Å². The van der Waals surface area contributed by atoms with E-state index in [1.807, 2.05) is 0 Å². The van der Waals surface area contributed by atoms with Crippen LogP contribution in [0.2, 0.25) is 0 Å². The van der Waals surface area contributed by atoms with Gasteiger partial charge in [0.1, 0.15) is 18.7 Å². The highest BCUT2D eigenvalue weighted by Gasteiger charge is 2.37. The Balaban J connectivity index is 1.50. The van der Waals surface area contributed by atoms with Gasteiger partial charge in [-0.15, -0.1) is 5.10 Å². The second-order valence-electron chi connectivity index (χ2n) is 10.3. The number of carbonyl (C=O) groups is 2. The Morgan fingerprint density at radius 1 is 0.820 bits per heavy atom. The minimum Gasteiger partial charge on any atom is -0.497 e. The summed E-state index contributed by atoms with van der Waals surface area (Å²) in [5, 5.41) is 4.10. The van der Waals surface area contributed by atoms with Gasteiger partial charge in [0.05, 0.1) is 30.4 Å². The molecule has 0 bridgehead atoms. The monoisotopic (exact) mass is 697 g/mol. The average molecular weight is 698 g/mol. The van der Waals surface area contributed by atoms with Gasteiger partial charge in [-0.05, 0) is 29.8 Å². The average Bonchev–Trinajstić information content (AvgIpc) is 3.53. The number of alkyl halides is 6. The number of hydrazine groups is 1. The molecule has 0 aliphatic rings. The van der Waals surface area contributed by atoms with Gasteiger partial charge in [-0.3, -0.25) is 20.4 Å². The molecule has 0 atom stereocenters. The lowest BCUT2D eigenvalue weighted by molar-refractivity contribution is -0.137. The van der Waals surface area contributed by atoms with Crippen molar-refractivity contribution in [3.63, 3.8) is 0 Å². The highest BCUT2D eigenvalue weighted by Crippen LogP contribution is 2.39. The van der Waals surface area contributed by atoms with E-state index in [1.54, 1.807) is 24.3 Å². The van der Waals surface area contributed by atoms with Crippen molar-refractivity contribution >= 4 is 23.6 Å². The normalized spacial score (nSPS) is 12.0. The second-order valence-corrected chi connectivity index (χ2v) is 10.3. The number of ether oxygens (including phenoxy) is 2. The van der Waals surface area contributed by atoms with Gasteiger partial charge in [0.15, 0.2) is 11.6 Å². The van der Waals surface area contributed by atoms with Crippen LogP contribution >= 0.6 is 0 Å². The van der Waals surface area contributed by atoms with Crippen LogP contribution in [0.15, 0.2) is 91.5 Å². The zero-order valence-electron chi connectivity index (χ0n) is 25.8. The molecule has 2 aromatic heterocycles. The van der Waals surface area contributed by atoms with Crippen molar-refractivity contribution < 1.29 is 45.4 Å². The third kappa shape index (κ3) is 8.48. The Morgan fingerprint density at radius 3 is 2.04 bits per heavy atom. The van der Waals surface area contributed by atoms with Gasteiger partial charge in [-0.2, -0.15) is 26.3 Å². The first-order chi connectivity index (χ1) is 23.8. The summed E-state index contributed by atoms with van der Waals surface area (Å²) in [7, 11) is 1.52. The largest absolute Gasteiger partial charge is 0.497 e. The van der Waals surface area contributed by atoms with Crippen LogP contribution in [-0.2, 0) is 33.3 Å². The zero-order valence-corrected chi connectivity index (χ0v) is 25.8. The molecule has 0 radical (unpaired) electrons. The second kappa shape index (κ2) is 15.0. The third-order valence-electron chi connectivity index (χ3n) is 6.92. The van der Waals surface area contributed by atoms with Crippen molar-refractivity contribution in [3.05, 3.63) is 114 Å². The molecule has 0 aliphatic carbocycles.